The van der Waals surface area contributed by atoms with Crippen molar-refractivity contribution in [3.63, 3.8) is 0 Å². The van der Waals surface area contributed by atoms with Gasteiger partial charge in [-0.25, -0.2) is 0 Å². The molecule has 3 heterocycles. The molecule has 0 aliphatic carbocycles. The van der Waals surface area contributed by atoms with Crippen LogP contribution in [0.4, 0.5) is 0 Å². The quantitative estimate of drug-likeness (QED) is 0.492. The number of thiophene rings is 1. The highest BCUT2D eigenvalue weighted by Gasteiger charge is 2.19. The van der Waals surface area contributed by atoms with Gasteiger partial charge in [-0.3, -0.25) is 14.2 Å². The van der Waals surface area contributed by atoms with E-state index in [-0.39, 0.29) is 17.6 Å². The summed E-state index contributed by atoms with van der Waals surface area (Å²) in [5.41, 5.74) is -0.504. The third-order valence-electron chi connectivity index (χ3n) is 4.26. The number of ether oxygens (including phenoxy) is 2. The number of benzene rings is 1. The molecule has 0 unspecified atom stereocenters. The van der Waals surface area contributed by atoms with Crippen LogP contribution in [0.3, 0.4) is 0 Å². The fraction of sp³-hybridized carbons (Fsp3) is 0.211. The van der Waals surface area contributed by atoms with Gasteiger partial charge in [0.15, 0.2) is 11.2 Å². The molecule has 0 saturated heterocycles. The second-order valence-electron chi connectivity index (χ2n) is 5.84. The summed E-state index contributed by atoms with van der Waals surface area (Å²) in [5.74, 6) is 1.00. The maximum absolute atomic E-state index is 13.1. The van der Waals surface area contributed by atoms with Gasteiger partial charge in [0.05, 0.1) is 30.5 Å². The summed E-state index contributed by atoms with van der Waals surface area (Å²) in [6.45, 7) is 0.604. The summed E-state index contributed by atoms with van der Waals surface area (Å²) < 4.78 is 17.6. The monoisotopic (exact) mass is 384 g/mol. The maximum atomic E-state index is 13.1. The van der Waals surface area contributed by atoms with Crippen LogP contribution >= 0.6 is 11.3 Å². The van der Waals surface area contributed by atoms with Crippen LogP contribution in [0.5, 0.6) is 5.75 Å². The molecule has 0 aliphatic heterocycles. The third kappa shape index (κ3) is 2.92. The Morgan fingerprint density at radius 2 is 2.07 bits per heavy atom. The normalized spacial score (nSPS) is 11.3. The highest BCUT2D eigenvalue weighted by Crippen LogP contribution is 2.25. The average molecular weight is 384 g/mol. The molecule has 0 radical (unpaired) electrons. The number of rotatable bonds is 5. The van der Waals surface area contributed by atoms with Gasteiger partial charge < -0.3 is 13.9 Å². The van der Waals surface area contributed by atoms with Gasteiger partial charge in [-0.2, -0.15) is 4.98 Å². The fourth-order valence-electron chi connectivity index (χ4n) is 2.93. The smallest absolute Gasteiger partial charge is 0.269 e. The molecule has 0 saturated carbocycles. The Bertz CT molecular complexity index is 1240. The average Bonchev–Trinajstić information content (AvgIpc) is 3.21. The van der Waals surface area contributed by atoms with Crippen LogP contribution in [-0.4, -0.2) is 30.4 Å². The summed E-state index contributed by atoms with van der Waals surface area (Å²) in [4.78, 5) is 31.4. The van der Waals surface area contributed by atoms with Gasteiger partial charge in [-0.15, -0.1) is 11.3 Å². The van der Waals surface area contributed by atoms with Crippen LogP contribution in [0.25, 0.3) is 32.8 Å². The highest BCUT2D eigenvalue weighted by atomic mass is 32.1. The lowest BCUT2D eigenvalue weighted by atomic mass is 10.2. The molecule has 0 spiro atoms. The molecule has 0 bridgehead atoms. The van der Waals surface area contributed by atoms with Gasteiger partial charge in [-0.1, -0.05) is 6.07 Å². The molecule has 0 N–H and O–H groups in total. The minimum Gasteiger partial charge on any atom is -0.497 e. The second-order valence-corrected chi connectivity index (χ2v) is 6.78. The van der Waals surface area contributed by atoms with E-state index in [1.807, 2.05) is 17.5 Å². The summed E-state index contributed by atoms with van der Waals surface area (Å²) in [5, 5.41) is 2.14. The van der Waals surface area contributed by atoms with Crippen molar-refractivity contribution in [1.82, 2.24) is 9.55 Å². The predicted molar refractivity (Wildman–Crippen MR) is 104 cm³/mol. The Kier molecular flexibility index (Phi) is 4.51. The fourth-order valence-corrected chi connectivity index (χ4v) is 3.65. The zero-order valence-electron chi connectivity index (χ0n) is 14.7. The van der Waals surface area contributed by atoms with Crippen molar-refractivity contribution in [2.24, 2.45) is 0 Å². The lowest BCUT2D eigenvalue weighted by molar-refractivity contribution is 0.186. The van der Waals surface area contributed by atoms with Crippen molar-refractivity contribution in [3.8, 4) is 16.5 Å². The first kappa shape index (κ1) is 17.4. The SMILES string of the molecule is COCCn1c(-c2cccs2)nc2oc3cc(OC)ccc3c(=O)c2c1=O. The predicted octanol–water partition coefficient (Wildman–Crippen LogP) is 2.89. The molecule has 4 aromatic rings. The van der Waals surface area contributed by atoms with E-state index in [0.29, 0.717) is 29.2 Å². The van der Waals surface area contributed by atoms with Crippen LogP contribution in [0.15, 0.2) is 49.7 Å². The molecule has 0 aliphatic rings. The third-order valence-corrected chi connectivity index (χ3v) is 5.13. The van der Waals surface area contributed by atoms with Crippen LogP contribution < -0.4 is 15.7 Å². The van der Waals surface area contributed by atoms with Crippen LogP contribution in [0, 0.1) is 0 Å². The van der Waals surface area contributed by atoms with Crippen molar-refractivity contribution >= 4 is 33.4 Å². The van der Waals surface area contributed by atoms with E-state index >= 15 is 0 Å². The van der Waals surface area contributed by atoms with Gasteiger partial charge in [0.2, 0.25) is 11.1 Å². The number of fused-ring (bicyclic) bond motifs is 2. The van der Waals surface area contributed by atoms with E-state index < -0.39 is 11.0 Å². The summed E-state index contributed by atoms with van der Waals surface area (Å²) in [6, 6.07) is 8.59. The summed E-state index contributed by atoms with van der Waals surface area (Å²) in [6.07, 6.45) is 0. The number of hydrogen-bond acceptors (Lipinski definition) is 7. The Morgan fingerprint density at radius 1 is 1.22 bits per heavy atom. The number of aromatic nitrogens is 2. The van der Waals surface area contributed by atoms with E-state index in [0.717, 1.165) is 4.88 Å². The highest BCUT2D eigenvalue weighted by molar-refractivity contribution is 7.13. The van der Waals surface area contributed by atoms with Gasteiger partial charge in [-0.05, 0) is 23.6 Å². The molecule has 8 heteroatoms. The minimum absolute atomic E-state index is 0.0165. The van der Waals surface area contributed by atoms with Crippen molar-refractivity contribution in [1.29, 1.82) is 0 Å². The van der Waals surface area contributed by atoms with Gasteiger partial charge in [0, 0.05) is 13.2 Å². The topological polar surface area (TPSA) is 83.6 Å². The summed E-state index contributed by atoms with van der Waals surface area (Å²) >= 11 is 1.45. The second kappa shape index (κ2) is 6.98. The maximum Gasteiger partial charge on any atom is 0.269 e. The molecule has 138 valence electrons. The zero-order valence-corrected chi connectivity index (χ0v) is 15.5. The molecule has 0 amide bonds. The van der Waals surface area contributed by atoms with Gasteiger partial charge >= 0.3 is 0 Å². The first-order chi connectivity index (χ1) is 13.1. The zero-order chi connectivity index (χ0) is 19.0. The molecular weight excluding hydrogens is 368 g/mol. The first-order valence-electron chi connectivity index (χ1n) is 8.22. The molecule has 4 rings (SSSR count). The molecular formula is C19H16N2O5S. The van der Waals surface area contributed by atoms with Crippen molar-refractivity contribution in [3.05, 3.63) is 56.3 Å². The molecule has 1 aromatic carbocycles. The lowest BCUT2D eigenvalue weighted by Gasteiger charge is -2.12. The van der Waals surface area contributed by atoms with E-state index in [9.17, 15) is 9.59 Å². The minimum atomic E-state index is -0.438. The van der Waals surface area contributed by atoms with E-state index in [2.05, 4.69) is 4.98 Å². The van der Waals surface area contributed by atoms with Crippen LogP contribution in [0.1, 0.15) is 0 Å². The first-order valence-corrected chi connectivity index (χ1v) is 9.10. The Hall–Kier alpha value is -2.97. The number of nitrogens with zero attached hydrogens (tertiary/aromatic N) is 2. The molecule has 0 atom stereocenters. The van der Waals surface area contributed by atoms with Crippen molar-refractivity contribution < 1.29 is 13.9 Å². The molecule has 7 nitrogen and oxygen atoms in total. The Labute approximate surface area is 157 Å². The van der Waals surface area contributed by atoms with Crippen molar-refractivity contribution in [2.45, 2.75) is 6.54 Å². The summed E-state index contributed by atoms with van der Waals surface area (Å²) in [7, 11) is 3.08. The Balaban J connectivity index is 2.10. The Morgan fingerprint density at radius 3 is 2.78 bits per heavy atom. The van der Waals surface area contributed by atoms with E-state index in [1.54, 1.807) is 25.3 Å². The van der Waals surface area contributed by atoms with Crippen molar-refractivity contribution in [2.75, 3.05) is 20.8 Å². The molecule has 3 aromatic heterocycles. The largest absolute Gasteiger partial charge is 0.497 e. The number of hydrogen-bond donors (Lipinski definition) is 0. The van der Waals surface area contributed by atoms with Crippen LogP contribution in [-0.2, 0) is 11.3 Å². The van der Waals surface area contributed by atoms with Crippen LogP contribution in [0.2, 0.25) is 0 Å². The van der Waals surface area contributed by atoms with E-state index in [1.165, 1.54) is 23.0 Å². The van der Waals surface area contributed by atoms with E-state index in [4.69, 9.17) is 13.9 Å². The number of methoxy groups -OCH3 is 2. The lowest BCUT2D eigenvalue weighted by Crippen LogP contribution is -2.28. The standard InChI is InChI=1S/C19H16N2O5S/c1-24-8-7-21-17(14-4-3-9-27-14)20-18-15(19(21)23)16(22)12-6-5-11(25-2)10-13(12)26-18/h3-6,9-10H,7-8H2,1-2H3. The molecule has 27 heavy (non-hydrogen) atoms. The van der Waals surface area contributed by atoms with Gasteiger partial charge in [0.1, 0.15) is 11.3 Å². The van der Waals surface area contributed by atoms with Gasteiger partial charge in [0.25, 0.3) is 5.56 Å². The molecule has 0 fully saturated rings.